The summed E-state index contributed by atoms with van der Waals surface area (Å²) in [4.78, 5) is 0. The second-order valence-electron chi connectivity index (χ2n) is 3.15. The van der Waals surface area contributed by atoms with Crippen molar-refractivity contribution >= 4 is 15.9 Å². The van der Waals surface area contributed by atoms with Gasteiger partial charge in [0, 0.05) is 5.33 Å². The highest BCUT2D eigenvalue weighted by molar-refractivity contribution is 9.09. The Hall–Kier alpha value is -0.0400. The molecule has 0 radical (unpaired) electrons. The molecule has 0 aliphatic rings. The molecule has 76 valence electrons. The Bertz CT molecular complexity index is 136. The van der Waals surface area contributed by atoms with Gasteiger partial charge in [0.25, 0.3) is 0 Å². The van der Waals surface area contributed by atoms with Crippen molar-refractivity contribution in [3.8, 4) is 0 Å². The molecule has 0 rings (SSSR count). The number of halogens is 1. The number of unbranched alkanes of at least 4 members (excludes halogenated alkanes) is 3. The minimum Gasteiger partial charge on any atom is -0.0925 e. The van der Waals surface area contributed by atoms with E-state index in [9.17, 15) is 0 Å². The average molecular weight is 245 g/mol. The predicted molar refractivity (Wildman–Crippen MR) is 65.5 cm³/mol. The van der Waals surface area contributed by atoms with Crippen LogP contribution in [-0.4, -0.2) is 5.33 Å². The average Bonchev–Trinajstić information content (AvgIpc) is 2.16. The summed E-state index contributed by atoms with van der Waals surface area (Å²) in [6.45, 7) is 2.24. The van der Waals surface area contributed by atoms with E-state index in [1.165, 1.54) is 25.7 Å². The molecule has 0 spiro atoms. The van der Waals surface area contributed by atoms with Crippen molar-refractivity contribution in [2.75, 3.05) is 5.33 Å². The summed E-state index contributed by atoms with van der Waals surface area (Å²) in [6.07, 6.45) is 16.5. The highest BCUT2D eigenvalue weighted by Crippen LogP contribution is 2.00. The van der Waals surface area contributed by atoms with Crippen molar-refractivity contribution in [3.63, 3.8) is 0 Å². The summed E-state index contributed by atoms with van der Waals surface area (Å²) in [5, 5.41) is 1.07. The van der Waals surface area contributed by atoms with E-state index in [-0.39, 0.29) is 0 Å². The minimum atomic E-state index is 1.07. The molecule has 0 atom stereocenters. The van der Waals surface area contributed by atoms with E-state index in [0.717, 1.165) is 18.2 Å². The zero-order valence-corrected chi connectivity index (χ0v) is 10.2. The Morgan fingerprint density at radius 2 is 1.62 bits per heavy atom. The third-order valence-corrected chi connectivity index (χ3v) is 2.31. The molecule has 13 heavy (non-hydrogen) atoms. The summed E-state index contributed by atoms with van der Waals surface area (Å²) >= 11 is 3.39. The molecule has 0 saturated heterocycles. The van der Waals surface area contributed by atoms with E-state index < -0.39 is 0 Å². The van der Waals surface area contributed by atoms with Gasteiger partial charge in [-0.25, -0.2) is 0 Å². The third kappa shape index (κ3) is 12.0. The fourth-order valence-corrected chi connectivity index (χ4v) is 1.35. The van der Waals surface area contributed by atoms with E-state index in [4.69, 9.17) is 0 Å². The maximum atomic E-state index is 3.39. The molecular formula is C12H21Br. The van der Waals surface area contributed by atoms with E-state index >= 15 is 0 Å². The Morgan fingerprint density at radius 3 is 2.23 bits per heavy atom. The van der Waals surface area contributed by atoms with E-state index in [2.05, 4.69) is 47.2 Å². The van der Waals surface area contributed by atoms with Crippen LogP contribution in [0, 0.1) is 0 Å². The highest BCUT2D eigenvalue weighted by atomic mass is 79.9. The number of hydrogen-bond donors (Lipinski definition) is 0. The van der Waals surface area contributed by atoms with Crippen molar-refractivity contribution in [2.24, 2.45) is 0 Å². The summed E-state index contributed by atoms with van der Waals surface area (Å²) in [5.41, 5.74) is 0. The van der Waals surface area contributed by atoms with Crippen LogP contribution >= 0.6 is 15.9 Å². The molecule has 0 aromatic rings. The first kappa shape index (κ1) is 13.0. The Labute approximate surface area is 91.2 Å². The summed E-state index contributed by atoms with van der Waals surface area (Å²) in [6, 6.07) is 0. The molecule has 0 aromatic heterocycles. The van der Waals surface area contributed by atoms with Crippen molar-refractivity contribution in [1.82, 2.24) is 0 Å². The molecule has 0 amide bonds. The van der Waals surface area contributed by atoms with Crippen LogP contribution in [0.5, 0.6) is 0 Å². The van der Waals surface area contributed by atoms with E-state index in [0.29, 0.717) is 0 Å². The zero-order chi connectivity index (χ0) is 9.78. The van der Waals surface area contributed by atoms with Crippen molar-refractivity contribution < 1.29 is 0 Å². The van der Waals surface area contributed by atoms with Crippen LogP contribution in [-0.2, 0) is 0 Å². The second-order valence-corrected chi connectivity index (χ2v) is 3.94. The van der Waals surface area contributed by atoms with Gasteiger partial charge in [-0.3, -0.25) is 0 Å². The largest absolute Gasteiger partial charge is 0.0925 e. The molecule has 0 aliphatic carbocycles. The van der Waals surface area contributed by atoms with Gasteiger partial charge in [0.05, 0.1) is 0 Å². The number of hydrogen-bond acceptors (Lipinski definition) is 0. The molecule has 0 nitrogen and oxygen atoms in total. The van der Waals surface area contributed by atoms with Gasteiger partial charge < -0.3 is 0 Å². The minimum absolute atomic E-state index is 1.07. The second kappa shape index (κ2) is 12.0. The maximum Gasteiger partial charge on any atom is 0.00659 e. The predicted octanol–water partition coefficient (Wildman–Crippen LogP) is 4.85. The summed E-state index contributed by atoms with van der Waals surface area (Å²) in [7, 11) is 0. The van der Waals surface area contributed by atoms with Crippen molar-refractivity contribution in [2.45, 2.75) is 45.4 Å². The molecule has 0 N–H and O–H groups in total. The van der Waals surface area contributed by atoms with Gasteiger partial charge in [-0.15, -0.1) is 0 Å². The van der Waals surface area contributed by atoms with Crippen LogP contribution in [0.4, 0.5) is 0 Å². The molecule has 0 aliphatic heterocycles. The molecule has 0 bridgehead atoms. The molecule has 0 aromatic carbocycles. The summed E-state index contributed by atoms with van der Waals surface area (Å²) < 4.78 is 0. The SMILES string of the molecule is CCCCC/C=C/C/C=C/CCBr. The van der Waals surface area contributed by atoms with Gasteiger partial charge in [-0.1, -0.05) is 60.0 Å². The first-order valence-corrected chi connectivity index (χ1v) is 6.40. The molecular weight excluding hydrogens is 224 g/mol. The van der Waals surface area contributed by atoms with Gasteiger partial charge in [-0.05, 0) is 25.7 Å². The lowest BCUT2D eigenvalue weighted by Crippen LogP contribution is -1.70. The molecule has 0 fully saturated rings. The van der Waals surface area contributed by atoms with Gasteiger partial charge in [0.1, 0.15) is 0 Å². The van der Waals surface area contributed by atoms with Crippen LogP contribution in [0.15, 0.2) is 24.3 Å². The monoisotopic (exact) mass is 244 g/mol. The topological polar surface area (TPSA) is 0 Å². The molecule has 0 saturated carbocycles. The van der Waals surface area contributed by atoms with Gasteiger partial charge >= 0.3 is 0 Å². The lowest BCUT2D eigenvalue weighted by atomic mass is 10.2. The zero-order valence-electron chi connectivity index (χ0n) is 8.64. The Morgan fingerprint density at radius 1 is 0.923 bits per heavy atom. The Balaban J connectivity index is 3.11. The smallest absolute Gasteiger partial charge is 0.00659 e. The van der Waals surface area contributed by atoms with Crippen LogP contribution in [0.1, 0.15) is 45.4 Å². The van der Waals surface area contributed by atoms with Crippen LogP contribution in [0.25, 0.3) is 0 Å². The van der Waals surface area contributed by atoms with Crippen LogP contribution in [0.3, 0.4) is 0 Å². The lowest BCUT2D eigenvalue weighted by molar-refractivity contribution is 0.728. The first-order chi connectivity index (χ1) is 6.41. The van der Waals surface area contributed by atoms with Crippen molar-refractivity contribution in [3.05, 3.63) is 24.3 Å². The van der Waals surface area contributed by atoms with Gasteiger partial charge in [0.15, 0.2) is 0 Å². The normalized spacial score (nSPS) is 11.8. The fourth-order valence-electron chi connectivity index (χ4n) is 1.08. The lowest BCUT2D eigenvalue weighted by Gasteiger charge is -1.90. The quantitative estimate of drug-likeness (QED) is 0.325. The maximum absolute atomic E-state index is 3.39. The molecule has 0 heterocycles. The Kier molecular flexibility index (Phi) is 11.9. The van der Waals surface area contributed by atoms with E-state index in [1.54, 1.807) is 0 Å². The molecule has 1 heteroatoms. The number of alkyl halides is 1. The standard InChI is InChI=1S/C12H21Br/c1-2-3-4-5-6-7-8-9-10-11-12-13/h6-7,9-10H,2-5,8,11-12H2,1H3/b7-6+,10-9+. The summed E-state index contributed by atoms with van der Waals surface area (Å²) in [5.74, 6) is 0. The fraction of sp³-hybridized carbons (Fsp3) is 0.667. The van der Waals surface area contributed by atoms with Crippen LogP contribution < -0.4 is 0 Å². The first-order valence-electron chi connectivity index (χ1n) is 5.27. The molecule has 0 unspecified atom stereocenters. The number of rotatable bonds is 8. The van der Waals surface area contributed by atoms with E-state index in [1.807, 2.05) is 0 Å². The number of allylic oxidation sites excluding steroid dienone is 4. The van der Waals surface area contributed by atoms with Gasteiger partial charge in [-0.2, -0.15) is 0 Å². The highest BCUT2D eigenvalue weighted by Gasteiger charge is 1.80. The van der Waals surface area contributed by atoms with Crippen molar-refractivity contribution in [1.29, 1.82) is 0 Å². The van der Waals surface area contributed by atoms with Crippen LogP contribution in [0.2, 0.25) is 0 Å². The third-order valence-electron chi connectivity index (χ3n) is 1.86. The van der Waals surface area contributed by atoms with Gasteiger partial charge in [0.2, 0.25) is 0 Å².